The molecule has 3 aromatic rings. The lowest BCUT2D eigenvalue weighted by molar-refractivity contribution is -0.132. The molecule has 0 spiro atoms. The fourth-order valence-corrected chi connectivity index (χ4v) is 3.59. The Morgan fingerprint density at radius 1 is 0.966 bits per heavy atom. The van der Waals surface area contributed by atoms with E-state index in [0.29, 0.717) is 11.3 Å². The van der Waals surface area contributed by atoms with Gasteiger partial charge in [0.1, 0.15) is 11.6 Å². The number of rotatable bonds is 3. The summed E-state index contributed by atoms with van der Waals surface area (Å²) >= 11 is 3.35. The summed E-state index contributed by atoms with van der Waals surface area (Å²) < 4.78 is 14.1. The number of amides is 1. The molecule has 1 fully saturated rings. The molecule has 5 nitrogen and oxygen atoms in total. The topological polar surface area (TPSA) is 70.5 Å². The summed E-state index contributed by atoms with van der Waals surface area (Å²) in [5.41, 5.74) is 1.32. The first kappa shape index (κ1) is 19.0. The molecule has 1 amide bonds. The number of aliphatic hydroxyl groups is 1. The van der Waals surface area contributed by atoms with Crippen molar-refractivity contribution in [3.63, 3.8) is 0 Å². The van der Waals surface area contributed by atoms with Gasteiger partial charge in [0, 0.05) is 28.1 Å². The van der Waals surface area contributed by atoms with Gasteiger partial charge >= 0.3 is 0 Å². The Balaban J connectivity index is 1.93. The van der Waals surface area contributed by atoms with Crippen molar-refractivity contribution < 1.29 is 19.1 Å². The second-order valence-corrected chi connectivity index (χ2v) is 7.35. The Kier molecular flexibility index (Phi) is 4.98. The standard InChI is InChI=1S/C22H14BrFN2O3/c23-15-3-7-17(8-4-15)26-19(13-9-11-25-12-10-13)18(21(28)22(26)29)20(27)14-1-5-16(24)6-2-14/h1-12,19,27H/b20-18-. The first-order chi connectivity index (χ1) is 14.0. The maximum absolute atomic E-state index is 13.3. The number of Topliss-reactive ketones (excluding diaryl/α,β-unsaturated/α-hetero) is 1. The van der Waals surface area contributed by atoms with Crippen LogP contribution in [0, 0.1) is 5.82 Å². The maximum Gasteiger partial charge on any atom is 0.300 e. The first-order valence-electron chi connectivity index (χ1n) is 8.70. The molecular weight excluding hydrogens is 439 g/mol. The average Bonchev–Trinajstić information content (AvgIpc) is 3.00. The van der Waals surface area contributed by atoms with Gasteiger partial charge in [0.25, 0.3) is 11.7 Å². The van der Waals surface area contributed by atoms with E-state index in [2.05, 4.69) is 20.9 Å². The Morgan fingerprint density at radius 2 is 1.59 bits per heavy atom. The Morgan fingerprint density at radius 3 is 2.21 bits per heavy atom. The van der Waals surface area contributed by atoms with E-state index in [1.165, 1.54) is 29.2 Å². The number of anilines is 1. The van der Waals surface area contributed by atoms with Crippen LogP contribution in [-0.2, 0) is 9.59 Å². The normalized spacial score (nSPS) is 18.3. The van der Waals surface area contributed by atoms with Crippen LogP contribution in [-0.4, -0.2) is 21.8 Å². The third-order valence-electron chi connectivity index (χ3n) is 4.69. The molecule has 0 saturated carbocycles. The van der Waals surface area contributed by atoms with Crippen molar-refractivity contribution in [2.24, 2.45) is 0 Å². The lowest BCUT2D eigenvalue weighted by atomic mass is 9.96. The molecule has 144 valence electrons. The summed E-state index contributed by atoms with van der Waals surface area (Å²) in [5.74, 6) is -2.39. The summed E-state index contributed by atoms with van der Waals surface area (Å²) in [7, 11) is 0. The van der Waals surface area contributed by atoms with Crippen molar-refractivity contribution in [1.82, 2.24) is 4.98 Å². The zero-order valence-corrected chi connectivity index (χ0v) is 16.5. The fourth-order valence-electron chi connectivity index (χ4n) is 3.32. The van der Waals surface area contributed by atoms with Gasteiger partial charge in [-0.25, -0.2) is 4.39 Å². The lowest BCUT2D eigenvalue weighted by Gasteiger charge is -2.25. The highest BCUT2D eigenvalue weighted by molar-refractivity contribution is 9.10. The molecule has 1 aliphatic rings. The molecule has 1 atom stereocenters. The molecule has 1 unspecified atom stereocenters. The second kappa shape index (κ2) is 7.60. The quantitative estimate of drug-likeness (QED) is 0.357. The third-order valence-corrected chi connectivity index (χ3v) is 5.22. The van der Waals surface area contributed by atoms with Gasteiger partial charge in [0.05, 0.1) is 11.6 Å². The number of benzene rings is 2. The lowest BCUT2D eigenvalue weighted by Crippen LogP contribution is -2.29. The van der Waals surface area contributed by atoms with Crippen molar-refractivity contribution >= 4 is 39.1 Å². The minimum atomic E-state index is -0.843. The number of halogens is 2. The summed E-state index contributed by atoms with van der Waals surface area (Å²) in [6.45, 7) is 0. The molecule has 1 aliphatic heterocycles. The second-order valence-electron chi connectivity index (χ2n) is 6.43. The highest BCUT2D eigenvalue weighted by Gasteiger charge is 2.46. The summed E-state index contributed by atoms with van der Waals surface area (Å²) in [4.78, 5) is 31.2. The first-order valence-corrected chi connectivity index (χ1v) is 9.49. The number of carbonyl (C=O) groups is 2. The van der Waals surface area contributed by atoms with Crippen LogP contribution in [0.1, 0.15) is 17.2 Å². The van der Waals surface area contributed by atoms with Crippen LogP contribution in [0.15, 0.2) is 83.1 Å². The van der Waals surface area contributed by atoms with Gasteiger partial charge in [-0.2, -0.15) is 0 Å². The maximum atomic E-state index is 13.3. The van der Waals surface area contributed by atoms with Gasteiger partial charge in [-0.15, -0.1) is 0 Å². The Labute approximate surface area is 174 Å². The molecule has 4 rings (SSSR count). The molecule has 0 aliphatic carbocycles. The number of hydrogen-bond donors (Lipinski definition) is 1. The van der Waals surface area contributed by atoms with Crippen LogP contribution in [0.25, 0.3) is 5.76 Å². The van der Waals surface area contributed by atoms with Crippen LogP contribution in [0.5, 0.6) is 0 Å². The molecule has 0 bridgehead atoms. The van der Waals surface area contributed by atoms with Crippen LogP contribution < -0.4 is 4.90 Å². The van der Waals surface area contributed by atoms with E-state index in [1.54, 1.807) is 48.8 Å². The summed E-state index contributed by atoms with van der Waals surface area (Å²) in [6, 6.07) is 14.6. The predicted octanol–water partition coefficient (Wildman–Crippen LogP) is 4.61. The van der Waals surface area contributed by atoms with E-state index in [4.69, 9.17) is 0 Å². The Hall–Kier alpha value is -3.32. The van der Waals surface area contributed by atoms with E-state index in [0.717, 1.165) is 4.47 Å². The fraction of sp³-hybridized carbons (Fsp3) is 0.0455. The molecule has 29 heavy (non-hydrogen) atoms. The molecule has 7 heteroatoms. The highest BCUT2D eigenvalue weighted by atomic mass is 79.9. The van der Waals surface area contributed by atoms with E-state index in [1.807, 2.05) is 0 Å². The SMILES string of the molecule is O=C1C(=O)N(c2ccc(Br)cc2)C(c2ccncc2)/C1=C(/O)c1ccc(F)cc1. The van der Waals surface area contributed by atoms with Crippen LogP contribution in [0.3, 0.4) is 0 Å². The van der Waals surface area contributed by atoms with Crippen molar-refractivity contribution in [2.75, 3.05) is 4.90 Å². The predicted molar refractivity (Wildman–Crippen MR) is 110 cm³/mol. The minimum absolute atomic E-state index is 0.0595. The smallest absolute Gasteiger partial charge is 0.300 e. The van der Waals surface area contributed by atoms with Gasteiger partial charge < -0.3 is 5.11 Å². The van der Waals surface area contributed by atoms with Crippen molar-refractivity contribution in [1.29, 1.82) is 0 Å². The number of ketones is 1. The van der Waals surface area contributed by atoms with Gasteiger partial charge in [-0.05, 0) is 66.2 Å². The van der Waals surface area contributed by atoms with E-state index < -0.39 is 23.5 Å². The zero-order valence-electron chi connectivity index (χ0n) is 14.9. The number of pyridine rings is 1. The largest absolute Gasteiger partial charge is 0.507 e. The van der Waals surface area contributed by atoms with Crippen molar-refractivity contribution in [3.05, 3.63) is 100 Å². The number of hydrogen-bond acceptors (Lipinski definition) is 4. The van der Waals surface area contributed by atoms with E-state index in [9.17, 15) is 19.1 Å². The van der Waals surface area contributed by atoms with Crippen LogP contribution in [0.4, 0.5) is 10.1 Å². The number of aromatic nitrogens is 1. The van der Waals surface area contributed by atoms with Crippen LogP contribution >= 0.6 is 15.9 Å². The third kappa shape index (κ3) is 3.45. The average molecular weight is 453 g/mol. The number of aliphatic hydroxyl groups excluding tert-OH is 1. The highest BCUT2D eigenvalue weighted by Crippen LogP contribution is 2.42. The van der Waals surface area contributed by atoms with E-state index in [-0.39, 0.29) is 16.9 Å². The molecule has 2 heterocycles. The van der Waals surface area contributed by atoms with Gasteiger partial charge in [-0.3, -0.25) is 19.5 Å². The molecule has 2 aromatic carbocycles. The molecule has 1 saturated heterocycles. The molecular formula is C22H14BrFN2O3. The van der Waals surface area contributed by atoms with Crippen molar-refractivity contribution in [2.45, 2.75) is 6.04 Å². The number of carbonyl (C=O) groups excluding carboxylic acids is 2. The van der Waals surface area contributed by atoms with Crippen LogP contribution in [0.2, 0.25) is 0 Å². The summed E-state index contributed by atoms with van der Waals surface area (Å²) in [5, 5.41) is 10.9. The Bertz CT molecular complexity index is 1110. The van der Waals surface area contributed by atoms with Gasteiger partial charge in [0.2, 0.25) is 0 Å². The monoisotopic (exact) mass is 452 g/mol. The van der Waals surface area contributed by atoms with Crippen molar-refractivity contribution in [3.8, 4) is 0 Å². The molecule has 1 N–H and O–H groups in total. The molecule has 0 radical (unpaired) electrons. The number of nitrogens with zero attached hydrogens (tertiary/aromatic N) is 2. The minimum Gasteiger partial charge on any atom is -0.507 e. The summed E-state index contributed by atoms with van der Waals surface area (Å²) in [6.07, 6.45) is 3.10. The van der Waals surface area contributed by atoms with Gasteiger partial charge in [-0.1, -0.05) is 15.9 Å². The van der Waals surface area contributed by atoms with E-state index >= 15 is 0 Å². The molecule has 1 aromatic heterocycles. The van der Waals surface area contributed by atoms with Gasteiger partial charge in [0.15, 0.2) is 0 Å². The zero-order chi connectivity index (χ0) is 20.5.